The van der Waals surface area contributed by atoms with Crippen LogP contribution in [0.1, 0.15) is 0 Å². The summed E-state index contributed by atoms with van der Waals surface area (Å²) in [5.74, 6) is 1.55. The van der Waals surface area contributed by atoms with Gasteiger partial charge in [-0.1, -0.05) is 0 Å². The molecule has 0 amide bonds. The van der Waals surface area contributed by atoms with Gasteiger partial charge in [0.1, 0.15) is 17.2 Å². The highest BCUT2D eigenvalue weighted by Gasteiger charge is 2.08. The highest BCUT2D eigenvalue weighted by Crippen LogP contribution is 2.29. The zero-order chi connectivity index (χ0) is 13.8. The molecule has 0 spiro atoms. The average molecular weight is 283 g/mol. The number of methoxy groups -OCH3 is 2. The van der Waals surface area contributed by atoms with Crippen LogP contribution in [-0.2, 0) is 0 Å². The van der Waals surface area contributed by atoms with E-state index < -0.39 is 0 Å². The Morgan fingerprint density at radius 2 is 1.53 bits per heavy atom. The molecular weight excluding hydrogens is 272 g/mol. The molecule has 2 N–H and O–H groups in total. The zero-order valence-corrected chi connectivity index (χ0v) is 11.0. The van der Waals surface area contributed by atoms with Gasteiger partial charge in [0.15, 0.2) is 0 Å². The van der Waals surface area contributed by atoms with Gasteiger partial charge in [-0.3, -0.25) is 0 Å². The monoisotopic (exact) mass is 282 g/mol. The van der Waals surface area contributed by atoms with Crippen LogP contribution in [0.5, 0.6) is 23.3 Å². The van der Waals surface area contributed by atoms with Crippen LogP contribution in [0.2, 0.25) is 5.28 Å². The molecule has 8 heteroatoms. The van der Waals surface area contributed by atoms with Crippen LogP contribution in [0.25, 0.3) is 0 Å². The Labute approximate surface area is 114 Å². The number of nitrogens with zero attached hydrogens (tertiary/aromatic N) is 3. The molecule has 0 radical (unpaired) electrons. The Bertz CT molecular complexity index is 552. The van der Waals surface area contributed by atoms with Crippen LogP contribution < -0.4 is 19.9 Å². The van der Waals surface area contributed by atoms with E-state index in [1.54, 1.807) is 18.2 Å². The van der Waals surface area contributed by atoms with Gasteiger partial charge in [0.05, 0.1) is 14.2 Å². The third-order valence-electron chi connectivity index (χ3n) is 2.14. The molecule has 1 aromatic carbocycles. The number of halogens is 1. The van der Waals surface area contributed by atoms with Crippen molar-refractivity contribution in [3.8, 4) is 23.3 Å². The summed E-state index contributed by atoms with van der Waals surface area (Å²) in [4.78, 5) is 11.2. The lowest BCUT2D eigenvalue weighted by molar-refractivity contribution is 0.382. The molecule has 2 aromatic rings. The van der Waals surface area contributed by atoms with Crippen LogP contribution >= 0.6 is 11.6 Å². The van der Waals surface area contributed by atoms with Crippen molar-refractivity contribution >= 4 is 17.5 Å². The summed E-state index contributed by atoms with van der Waals surface area (Å²) in [6.07, 6.45) is 0. The first-order valence-corrected chi connectivity index (χ1v) is 5.56. The van der Waals surface area contributed by atoms with E-state index >= 15 is 0 Å². The first kappa shape index (κ1) is 13.2. The minimum atomic E-state index is -0.0441. The second kappa shape index (κ2) is 5.57. The van der Waals surface area contributed by atoms with Crippen molar-refractivity contribution in [1.82, 2.24) is 15.0 Å². The smallest absolute Gasteiger partial charge is 0.328 e. The van der Waals surface area contributed by atoms with Crippen molar-refractivity contribution in [1.29, 1.82) is 0 Å². The lowest BCUT2D eigenvalue weighted by atomic mass is 10.3. The number of hydrogen-bond donors (Lipinski definition) is 1. The SMILES string of the molecule is COc1cc(OC)cc(Oc2nc(N)nc(Cl)n2)c1. The Kier molecular flexibility index (Phi) is 3.86. The van der Waals surface area contributed by atoms with Crippen LogP contribution in [0, 0.1) is 0 Å². The van der Waals surface area contributed by atoms with Gasteiger partial charge in [-0.15, -0.1) is 0 Å². The van der Waals surface area contributed by atoms with Crippen molar-refractivity contribution in [3.63, 3.8) is 0 Å². The third-order valence-corrected chi connectivity index (χ3v) is 2.31. The Balaban J connectivity index is 2.31. The summed E-state index contributed by atoms with van der Waals surface area (Å²) < 4.78 is 15.7. The van der Waals surface area contributed by atoms with E-state index in [1.165, 1.54) is 14.2 Å². The topological polar surface area (TPSA) is 92.4 Å². The van der Waals surface area contributed by atoms with Crippen LogP contribution in [-0.4, -0.2) is 29.2 Å². The summed E-state index contributed by atoms with van der Waals surface area (Å²) >= 11 is 5.66. The van der Waals surface area contributed by atoms with Crippen LogP contribution in [0.15, 0.2) is 18.2 Å². The molecule has 0 atom stereocenters. The van der Waals surface area contributed by atoms with Crippen LogP contribution in [0.3, 0.4) is 0 Å². The Morgan fingerprint density at radius 1 is 0.947 bits per heavy atom. The maximum absolute atomic E-state index is 5.66. The van der Waals surface area contributed by atoms with E-state index in [1.807, 2.05) is 0 Å². The van der Waals surface area contributed by atoms with Crippen molar-refractivity contribution < 1.29 is 14.2 Å². The van der Waals surface area contributed by atoms with Gasteiger partial charge in [-0.25, -0.2) is 0 Å². The first-order valence-electron chi connectivity index (χ1n) is 5.18. The average Bonchev–Trinajstić information content (AvgIpc) is 2.37. The summed E-state index contributed by atoms with van der Waals surface area (Å²) in [6.45, 7) is 0. The molecule has 0 aliphatic rings. The second-order valence-corrected chi connectivity index (χ2v) is 3.73. The predicted molar refractivity (Wildman–Crippen MR) is 68.9 cm³/mol. The van der Waals surface area contributed by atoms with E-state index in [9.17, 15) is 0 Å². The molecule has 2 rings (SSSR count). The number of benzene rings is 1. The number of hydrogen-bond acceptors (Lipinski definition) is 7. The molecule has 0 saturated heterocycles. The van der Waals surface area contributed by atoms with E-state index in [0.29, 0.717) is 17.2 Å². The standard InChI is InChI=1S/C11H11ClN4O3/c1-17-6-3-7(18-2)5-8(4-6)19-11-15-9(12)14-10(13)16-11/h3-5H,1-2H3,(H2,13,14,15,16). The van der Waals surface area contributed by atoms with Crippen molar-refractivity contribution in [3.05, 3.63) is 23.5 Å². The highest BCUT2D eigenvalue weighted by molar-refractivity contribution is 6.28. The Hall–Kier alpha value is -2.28. The minimum Gasteiger partial charge on any atom is -0.496 e. The van der Waals surface area contributed by atoms with Gasteiger partial charge in [0.25, 0.3) is 0 Å². The van der Waals surface area contributed by atoms with Crippen LogP contribution in [0.4, 0.5) is 5.95 Å². The number of nitrogen functional groups attached to an aromatic ring is 1. The summed E-state index contributed by atoms with van der Waals surface area (Å²) in [7, 11) is 3.08. The fourth-order valence-electron chi connectivity index (χ4n) is 1.34. The lowest BCUT2D eigenvalue weighted by Crippen LogP contribution is -2.00. The molecule has 0 aliphatic heterocycles. The largest absolute Gasteiger partial charge is 0.496 e. The fraction of sp³-hybridized carbons (Fsp3) is 0.182. The molecule has 7 nitrogen and oxygen atoms in total. The third kappa shape index (κ3) is 3.35. The fourth-order valence-corrected chi connectivity index (χ4v) is 1.50. The van der Waals surface area contributed by atoms with Crippen molar-refractivity contribution in [2.24, 2.45) is 0 Å². The summed E-state index contributed by atoms with van der Waals surface area (Å²) in [5, 5.41) is -0.0441. The van der Waals surface area contributed by atoms with E-state index in [-0.39, 0.29) is 17.2 Å². The highest BCUT2D eigenvalue weighted by atomic mass is 35.5. The number of anilines is 1. The number of aromatic nitrogens is 3. The molecule has 0 saturated carbocycles. The molecule has 1 aromatic heterocycles. The summed E-state index contributed by atoms with van der Waals surface area (Å²) in [5.41, 5.74) is 5.45. The minimum absolute atomic E-state index is 0.00666. The Morgan fingerprint density at radius 3 is 2.05 bits per heavy atom. The molecule has 0 aliphatic carbocycles. The van der Waals surface area contributed by atoms with Gasteiger partial charge < -0.3 is 19.9 Å². The van der Waals surface area contributed by atoms with E-state index in [2.05, 4.69) is 15.0 Å². The second-order valence-electron chi connectivity index (χ2n) is 3.40. The van der Waals surface area contributed by atoms with Crippen molar-refractivity contribution in [2.75, 3.05) is 20.0 Å². The predicted octanol–water partition coefficient (Wildman–Crippen LogP) is 1.92. The maximum Gasteiger partial charge on any atom is 0.328 e. The summed E-state index contributed by atoms with van der Waals surface area (Å²) in [6, 6.07) is 5.00. The van der Waals surface area contributed by atoms with Gasteiger partial charge in [-0.2, -0.15) is 15.0 Å². The number of nitrogens with two attached hydrogens (primary N) is 1. The number of rotatable bonds is 4. The van der Waals surface area contributed by atoms with Crippen molar-refractivity contribution in [2.45, 2.75) is 0 Å². The number of ether oxygens (including phenoxy) is 3. The maximum atomic E-state index is 5.66. The van der Waals surface area contributed by atoms with Gasteiger partial charge in [0, 0.05) is 18.2 Å². The molecule has 0 fully saturated rings. The first-order chi connectivity index (χ1) is 9.10. The van der Waals surface area contributed by atoms with E-state index in [4.69, 9.17) is 31.5 Å². The van der Waals surface area contributed by atoms with Gasteiger partial charge in [0.2, 0.25) is 11.2 Å². The molecule has 100 valence electrons. The lowest BCUT2D eigenvalue weighted by Gasteiger charge is -2.08. The van der Waals surface area contributed by atoms with Gasteiger partial charge >= 0.3 is 6.01 Å². The molecule has 19 heavy (non-hydrogen) atoms. The molecule has 0 bridgehead atoms. The van der Waals surface area contributed by atoms with Gasteiger partial charge in [-0.05, 0) is 11.6 Å². The molecular formula is C11H11ClN4O3. The molecule has 0 unspecified atom stereocenters. The molecule has 1 heterocycles. The zero-order valence-electron chi connectivity index (χ0n) is 10.3. The quantitative estimate of drug-likeness (QED) is 0.915. The normalized spacial score (nSPS) is 10.1. The van der Waals surface area contributed by atoms with E-state index in [0.717, 1.165) is 0 Å².